The summed E-state index contributed by atoms with van der Waals surface area (Å²) in [4.78, 5) is 0.221. The van der Waals surface area contributed by atoms with Crippen LogP contribution in [0.15, 0.2) is 29.2 Å². The van der Waals surface area contributed by atoms with Crippen molar-refractivity contribution in [3.63, 3.8) is 0 Å². The summed E-state index contributed by atoms with van der Waals surface area (Å²) in [6.45, 7) is 1.64. The fraction of sp³-hybridized carbons (Fsp3) is 0.500. The van der Waals surface area contributed by atoms with Gasteiger partial charge in [-0.25, -0.2) is 13.1 Å². The van der Waals surface area contributed by atoms with Gasteiger partial charge in [0.1, 0.15) is 0 Å². The first-order chi connectivity index (χ1) is 8.62. The second-order valence-electron chi connectivity index (χ2n) is 4.38. The van der Waals surface area contributed by atoms with Gasteiger partial charge < -0.3 is 9.84 Å². The third-order valence-electron chi connectivity index (χ3n) is 3.00. The van der Waals surface area contributed by atoms with Crippen molar-refractivity contribution in [2.45, 2.75) is 17.9 Å². The van der Waals surface area contributed by atoms with Gasteiger partial charge in [0.05, 0.1) is 18.1 Å². The Hall–Kier alpha value is -0.950. The van der Waals surface area contributed by atoms with E-state index in [1.165, 1.54) is 12.1 Å². The molecule has 100 valence electrons. The molecule has 2 N–H and O–H groups in total. The molecule has 2 rings (SSSR count). The molecule has 0 radical (unpaired) electrons. The molecule has 1 saturated heterocycles. The van der Waals surface area contributed by atoms with Gasteiger partial charge in [-0.05, 0) is 30.0 Å². The lowest BCUT2D eigenvalue weighted by molar-refractivity contribution is 0.186. The van der Waals surface area contributed by atoms with Crippen LogP contribution in [-0.2, 0) is 21.4 Å². The molecule has 0 bridgehead atoms. The van der Waals surface area contributed by atoms with E-state index in [1.54, 1.807) is 12.1 Å². The molecule has 0 amide bonds. The molecule has 1 fully saturated rings. The summed E-state index contributed by atoms with van der Waals surface area (Å²) >= 11 is 0. The van der Waals surface area contributed by atoms with Crippen molar-refractivity contribution in [1.82, 2.24) is 4.72 Å². The number of hydrogen-bond acceptors (Lipinski definition) is 4. The van der Waals surface area contributed by atoms with Gasteiger partial charge in [0.2, 0.25) is 10.0 Å². The van der Waals surface area contributed by atoms with Gasteiger partial charge in [0, 0.05) is 13.2 Å². The normalized spacial score (nSPS) is 20.2. The van der Waals surface area contributed by atoms with E-state index in [4.69, 9.17) is 9.84 Å². The summed E-state index contributed by atoms with van der Waals surface area (Å²) in [5, 5.41) is 8.90. The second-order valence-corrected chi connectivity index (χ2v) is 6.15. The van der Waals surface area contributed by atoms with Crippen LogP contribution in [0.2, 0.25) is 0 Å². The number of nitrogens with one attached hydrogen (secondary N) is 1. The van der Waals surface area contributed by atoms with Gasteiger partial charge in [-0.1, -0.05) is 12.1 Å². The minimum Gasteiger partial charge on any atom is -0.392 e. The van der Waals surface area contributed by atoms with E-state index in [9.17, 15) is 8.42 Å². The maximum absolute atomic E-state index is 12.0. The molecule has 1 aromatic rings. The van der Waals surface area contributed by atoms with Crippen molar-refractivity contribution >= 4 is 10.0 Å². The third kappa shape index (κ3) is 3.29. The monoisotopic (exact) mass is 271 g/mol. The molecule has 1 atom stereocenters. The van der Waals surface area contributed by atoms with Crippen molar-refractivity contribution in [3.05, 3.63) is 29.8 Å². The molecule has 0 spiro atoms. The van der Waals surface area contributed by atoms with E-state index in [-0.39, 0.29) is 17.4 Å². The Morgan fingerprint density at radius 2 is 2.06 bits per heavy atom. The van der Waals surface area contributed by atoms with Crippen molar-refractivity contribution in [2.75, 3.05) is 19.8 Å². The molecular weight excluding hydrogens is 254 g/mol. The molecule has 1 aliphatic heterocycles. The van der Waals surface area contributed by atoms with Gasteiger partial charge in [-0.2, -0.15) is 0 Å². The highest BCUT2D eigenvalue weighted by Crippen LogP contribution is 2.14. The smallest absolute Gasteiger partial charge is 0.240 e. The highest BCUT2D eigenvalue weighted by molar-refractivity contribution is 7.89. The number of aliphatic hydroxyl groups is 1. The number of sulfonamides is 1. The molecule has 1 aromatic carbocycles. The largest absolute Gasteiger partial charge is 0.392 e. The first-order valence-corrected chi connectivity index (χ1v) is 7.37. The van der Waals surface area contributed by atoms with Crippen LogP contribution in [0.25, 0.3) is 0 Å². The standard InChI is InChI=1S/C12H17NO4S/c14-8-10-1-3-12(4-2-10)18(15,16)13-7-11-5-6-17-9-11/h1-4,11,13-14H,5-9H2. The van der Waals surface area contributed by atoms with Crippen LogP contribution < -0.4 is 4.72 Å². The average molecular weight is 271 g/mol. The molecule has 0 saturated carbocycles. The summed E-state index contributed by atoms with van der Waals surface area (Å²) in [5.41, 5.74) is 0.693. The zero-order chi connectivity index (χ0) is 13.0. The quantitative estimate of drug-likeness (QED) is 0.817. The second kappa shape index (κ2) is 5.79. The fourth-order valence-electron chi connectivity index (χ4n) is 1.83. The van der Waals surface area contributed by atoms with Crippen molar-refractivity contribution in [1.29, 1.82) is 0 Å². The van der Waals surface area contributed by atoms with E-state index in [0.717, 1.165) is 6.42 Å². The molecule has 5 nitrogen and oxygen atoms in total. The molecule has 1 heterocycles. The van der Waals surface area contributed by atoms with Crippen molar-refractivity contribution in [2.24, 2.45) is 5.92 Å². The number of benzene rings is 1. The predicted octanol–water partition coefficient (Wildman–Crippen LogP) is 0.494. The Labute approximate surface area is 107 Å². The summed E-state index contributed by atoms with van der Waals surface area (Å²) in [5.74, 6) is 0.261. The van der Waals surface area contributed by atoms with E-state index in [0.29, 0.717) is 25.3 Å². The topological polar surface area (TPSA) is 75.6 Å². The Bertz CT molecular complexity index is 477. The van der Waals surface area contributed by atoms with E-state index >= 15 is 0 Å². The highest BCUT2D eigenvalue weighted by atomic mass is 32.2. The lowest BCUT2D eigenvalue weighted by Gasteiger charge is -2.10. The van der Waals surface area contributed by atoms with Crippen LogP contribution in [0, 0.1) is 5.92 Å². The number of ether oxygens (including phenoxy) is 1. The summed E-state index contributed by atoms with van der Waals surface area (Å²) < 4.78 is 31.7. The average Bonchev–Trinajstić information content (AvgIpc) is 2.90. The van der Waals surface area contributed by atoms with Crippen LogP contribution in [0.5, 0.6) is 0 Å². The van der Waals surface area contributed by atoms with Gasteiger partial charge in [0.15, 0.2) is 0 Å². The van der Waals surface area contributed by atoms with Gasteiger partial charge in [0.25, 0.3) is 0 Å². The third-order valence-corrected chi connectivity index (χ3v) is 4.44. The fourth-order valence-corrected chi connectivity index (χ4v) is 2.95. The Morgan fingerprint density at radius 1 is 1.33 bits per heavy atom. The van der Waals surface area contributed by atoms with Gasteiger partial charge >= 0.3 is 0 Å². The van der Waals surface area contributed by atoms with E-state index in [2.05, 4.69) is 4.72 Å². The molecule has 6 heteroatoms. The maximum atomic E-state index is 12.0. The minimum atomic E-state index is -3.46. The van der Waals surface area contributed by atoms with Gasteiger partial charge in [-0.15, -0.1) is 0 Å². The molecule has 18 heavy (non-hydrogen) atoms. The van der Waals surface area contributed by atoms with Crippen molar-refractivity contribution in [3.8, 4) is 0 Å². The number of hydrogen-bond donors (Lipinski definition) is 2. The zero-order valence-corrected chi connectivity index (χ0v) is 10.8. The van der Waals surface area contributed by atoms with Crippen LogP contribution >= 0.6 is 0 Å². The molecule has 1 aliphatic rings. The lowest BCUT2D eigenvalue weighted by Crippen LogP contribution is -2.29. The summed E-state index contributed by atoms with van der Waals surface area (Å²) in [6.07, 6.45) is 0.895. The van der Waals surface area contributed by atoms with Crippen LogP contribution in [0.3, 0.4) is 0 Å². The number of rotatable bonds is 5. The Morgan fingerprint density at radius 3 is 2.61 bits per heavy atom. The summed E-state index contributed by atoms with van der Waals surface area (Å²) in [6, 6.07) is 6.21. The number of aliphatic hydroxyl groups excluding tert-OH is 1. The molecule has 1 unspecified atom stereocenters. The lowest BCUT2D eigenvalue weighted by atomic mass is 10.1. The Kier molecular flexibility index (Phi) is 4.34. The summed E-state index contributed by atoms with van der Waals surface area (Å²) in [7, 11) is -3.46. The SMILES string of the molecule is O=S(=O)(NCC1CCOC1)c1ccc(CO)cc1. The van der Waals surface area contributed by atoms with Crippen LogP contribution in [-0.4, -0.2) is 33.3 Å². The van der Waals surface area contributed by atoms with E-state index in [1.807, 2.05) is 0 Å². The molecule has 0 aliphatic carbocycles. The van der Waals surface area contributed by atoms with Crippen LogP contribution in [0.1, 0.15) is 12.0 Å². The minimum absolute atomic E-state index is 0.0901. The maximum Gasteiger partial charge on any atom is 0.240 e. The highest BCUT2D eigenvalue weighted by Gasteiger charge is 2.20. The van der Waals surface area contributed by atoms with Gasteiger partial charge in [-0.3, -0.25) is 0 Å². The van der Waals surface area contributed by atoms with E-state index < -0.39 is 10.0 Å². The molecule has 0 aromatic heterocycles. The first-order valence-electron chi connectivity index (χ1n) is 5.89. The van der Waals surface area contributed by atoms with Crippen LogP contribution in [0.4, 0.5) is 0 Å². The predicted molar refractivity (Wildman–Crippen MR) is 66.5 cm³/mol. The van der Waals surface area contributed by atoms with Crippen molar-refractivity contribution < 1.29 is 18.3 Å². The Balaban J connectivity index is 2.00. The first kappa shape index (κ1) is 13.5. The molecular formula is C12H17NO4S. The zero-order valence-electron chi connectivity index (χ0n) is 10.0.